The molecule has 19 heavy (non-hydrogen) atoms. The van der Waals surface area contributed by atoms with E-state index in [1.54, 1.807) is 0 Å². The van der Waals surface area contributed by atoms with E-state index in [0.29, 0.717) is 0 Å². The molecule has 0 bridgehead atoms. The first-order valence-electron chi connectivity index (χ1n) is 7.80. The lowest BCUT2D eigenvalue weighted by atomic mass is 9.92. The second-order valence-electron chi connectivity index (χ2n) is 5.92. The summed E-state index contributed by atoms with van der Waals surface area (Å²) in [4.78, 5) is 7.40. The lowest BCUT2D eigenvalue weighted by Crippen LogP contribution is -2.42. The van der Waals surface area contributed by atoms with Crippen LogP contribution >= 0.6 is 0 Å². The van der Waals surface area contributed by atoms with Crippen LogP contribution in [-0.4, -0.2) is 29.0 Å². The quantitative estimate of drug-likeness (QED) is 0.899. The molecule has 1 saturated heterocycles. The topological polar surface area (TPSA) is 28.2 Å². The van der Waals surface area contributed by atoms with E-state index >= 15 is 0 Å². The van der Waals surface area contributed by atoms with E-state index in [4.69, 9.17) is 4.98 Å². The number of likely N-dealkylation sites (tertiary alicyclic amines) is 1. The summed E-state index contributed by atoms with van der Waals surface area (Å²) in [6.07, 6.45) is 7.10. The SMILES string of the molecule is CCNc1cccc(CN2CCCC3CCCC32)n1. The summed E-state index contributed by atoms with van der Waals surface area (Å²) >= 11 is 0. The number of piperidine rings is 1. The largest absolute Gasteiger partial charge is 0.370 e. The summed E-state index contributed by atoms with van der Waals surface area (Å²) in [6, 6.07) is 7.18. The van der Waals surface area contributed by atoms with Gasteiger partial charge in [0.2, 0.25) is 0 Å². The maximum atomic E-state index is 4.72. The second kappa shape index (κ2) is 5.91. The van der Waals surface area contributed by atoms with Gasteiger partial charge in [0, 0.05) is 19.1 Å². The number of anilines is 1. The molecule has 3 rings (SSSR count). The van der Waals surface area contributed by atoms with Crippen LogP contribution in [0.25, 0.3) is 0 Å². The van der Waals surface area contributed by atoms with Crippen LogP contribution in [0, 0.1) is 5.92 Å². The predicted molar refractivity (Wildman–Crippen MR) is 79.2 cm³/mol. The average Bonchev–Trinajstić information content (AvgIpc) is 2.89. The Kier molecular flexibility index (Phi) is 4.02. The van der Waals surface area contributed by atoms with Crippen LogP contribution in [0.3, 0.4) is 0 Å². The molecule has 104 valence electrons. The Balaban J connectivity index is 1.68. The first-order chi connectivity index (χ1) is 9.36. The van der Waals surface area contributed by atoms with Gasteiger partial charge in [-0.1, -0.05) is 12.5 Å². The van der Waals surface area contributed by atoms with E-state index in [0.717, 1.165) is 30.9 Å². The molecule has 1 N–H and O–H groups in total. The Morgan fingerprint density at radius 1 is 1.26 bits per heavy atom. The number of nitrogens with zero attached hydrogens (tertiary/aromatic N) is 2. The number of rotatable bonds is 4. The van der Waals surface area contributed by atoms with Crippen molar-refractivity contribution in [3.05, 3.63) is 23.9 Å². The van der Waals surface area contributed by atoms with Crippen LogP contribution in [0.4, 0.5) is 5.82 Å². The Bertz CT molecular complexity index is 418. The van der Waals surface area contributed by atoms with E-state index in [9.17, 15) is 0 Å². The van der Waals surface area contributed by atoms with Crippen LogP contribution in [0.1, 0.15) is 44.7 Å². The summed E-state index contributed by atoms with van der Waals surface area (Å²) < 4.78 is 0. The molecule has 2 heterocycles. The van der Waals surface area contributed by atoms with Crippen LogP contribution in [0.15, 0.2) is 18.2 Å². The third-order valence-electron chi connectivity index (χ3n) is 4.64. The standard InChI is InChI=1S/C16H25N3/c1-2-17-16-10-4-8-14(18-16)12-19-11-5-7-13-6-3-9-15(13)19/h4,8,10,13,15H,2-3,5-7,9,11-12H2,1H3,(H,17,18). The van der Waals surface area contributed by atoms with Crippen LogP contribution in [0.5, 0.6) is 0 Å². The molecule has 1 aliphatic heterocycles. The maximum Gasteiger partial charge on any atom is 0.126 e. The van der Waals surface area contributed by atoms with E-state index in [2.05, 4.69) is 35.3 Å². The van der Waals surface area contributed by atoms with Crippen LogP contribution < -0.4 is 5.32 Å². The summed E-state index contributed by atoms with van der Waals surface area (Å²) in [5, 5.41) is 3.30. The zero-order valence-electron chi connectivity index (χ0n) is 11.9. The van der Waals surface area contributed by atoms with Crippen molar-refractivity contribution in [1.29, 1.82) is 0 Å². The van der Waals surface area contributed by atoms with Crippen molar-refractivity contribution in [2.24, 2.45) is 5.92 Å². The zero-order chi connectivity index (χ0) is 13.1. The number of pyridine rings is 1. The minimum atomic E-state index is 0.832. The van der Waals surface area contributed by atoms with Crippen molar-refractivity contribution in [1.82, 2.24) is 9.88 Å². The molecule has 0 amide bonds. The fraction of sp³-hybridized carbons (Fsp3) is 0.688. The lowest BCUT2D eigenvalue weighted by Gasteiger charge is -2.37. The van der Waals surface area contributed by atoms with Crippen molar-refractivity contribution in [3.8, 4) is 0 Å². The van der Waals surface area contributed by atoms with Gasteiger partial charge in [0.1, 0.15) is 5.82 Å². The van der Waals surface area contributed by atoms with E-state index < -0.39 is 0 Å². The first-order valence-corrected chi connectivity index (χ1v) is 7.80. The minimum absolute atomic E-state index is 0.832. The second-order valence-corrected chi connectivity index (χ2v) is 5.92. The Morgan fingerprint density at radius 3 is 3.05 bits per heavy atom. The summed E-state index contributed by atoms with van der Waals surface area (Å²) in [6.45, 7) is 5.33. The molecule has 0 spiro atoms. The normalized spacial score (nSPS) is 27.2. The van der Waals surface area contributed by atoms with E-state index in [1.165, 1.54) is 44.3 Å². The molecule has 1 aromatic heterocycles. The number of hydrogen-bond acceptors (Lipinski definition) is 3. The number of nitrogens with one attached hydrogen (secondary N) is 1. The van der Waals surface area contributed by atoms with Gasteiger partial charge in [-0.2, -0.15) is 0 Å². The molecule has 1 saturated carbocycles. The molecule has 0 radical (unpaired) electrons. The van der Waals surface area contributed by atoms with E-state index in [1.807, 2.05) is 0 Å². The van der Waals surface area contributed by atoms with Gasteiger partial charge in [0.05, 0.1) is 5.69 Å². The molecule has 2 aliphatic rings. The van der Waals surface area contributed by atoms with Gasteiger partial charge in [0.15, 0.2) is 0 Å². The molecule has 3 nitrogen and oxygen atoms in total. The Labute approximate surface area is 116 Å². The fourth-order valence-corrected chi connectivity index (χ4v) is 3.81. The van der Waals surface area contributed by atoms with Gasteiger partial charge >= 0.3 is 0 Å². The zero-order valence-corrected chi connectivity index (χ0v) is 11.9. The van der Waals surface area contributed by atoms with Crippen molar-refractivity contribution in [2.45, 2.75) is 51.6 Å². The number of hydrogen-bond donors (Lipinski definition) is 1. The molecule has 0 aromatic carbocycles. The Hall–Kier alpha value is -1.09. The molecular formula is C16H25N3. The number of aromatic nitrogens is 1. The monoisotopic (exact) mass is 259 g/mol. The third kappa shape index (κ3) is 2.92. The average molecular weight is 259 g/mol. The molecule has 3 heteroatoms. The van der Waals surface area contributed by atoms with Gasteiger partial charge < -0.3 is 5.32 Å². The van der Waals surface area contributed by atoms with Gasteiger partial charge in [-0.3, -0.25) is 4.90 Å². The predicted octanol–water partition coefficient (Wildman–Crippen LogP) is 3.28. The van der Waals surface area contributed by atoms with Crippen molar-refractivity contribution in [2.75, 3.05) is 18.4 Å². The third-order valence-corrected chi connectivity index (χ3v) is 4.64. The molecule has 1 aromatic rings. The smallest absolute Gasteiger partial charge is 0.126 e. The summed E-state index contributed by atoms with van der Waals surface area (Å²) in [7, 11) is 0. The van der Waals surface area contributed by atoms with Crippen molar-refractivity contribution < 1.29 is 0 Å². The van der Waals surface area contributed by atoms with Gasteiger partial charge in [-0.05, 0) is 57.2 Å². The van der Waals surface area contributed by atoms with Gasteiger partial charge in [0.25, 0.3) is 0 Å². The van der Waals surface area contributed by atoms with Crippen LogP contribution in [0.2, 0.25) is 0 Å². The highest BCUT2D eigenvalue weighted by atomic mass is 15.2. The molecule has 2 atom stereocenters. The van der Waals surface area contributed by atoms with E-state index in [-0.39, 0.29) is 0 Å². The van der Waals surface area contributed by atoms with Gasteiger partial charge in [-0.25, -0.2) is 4.98 Å². The van der Waals surface area contributed by atoms with Crippen LogP contribution in [-0.2, 0) is 6.54 Å². The molecule has 2 fully saturated rings. The van der Waals surface area contributed by atoms with Crippen molar-refractivity contribution >= 4 is 5.82 Å². The number of fused-ring (bicyclic) bond motifs is 1. The molecule has 1 aliphatic carbocycles. The summed E-state index contributed by atoms with van der Waals surface area (Å²) in [5.74, 6) is 1.98. The lowest BCUT2D eigenvalue weighted by molar-refractivity contribution is 0.104. The molecular weight excluding hydrogens is 234 g/mol. The Morgan fingerprint density at radius 2 is 2.16 bits per heavy atom. The fourth-order valence-electron chi connectivity index (χ4n) is 3.81. The summed E-state index contributed by atoms with van der Waals surface area (Å²) in [5.41, 5.74) is 1.21. The maximum absolute atomic E-state index is 4.72. The highest BCUT2D eigenvalue weighted by molar-refractivity contribution is 5.35. The highest BCUT2D eigenvalue weighted by Crippen LogP contribution is 2.37. The highest BCUT2D eigenvalue weighted by Gasteiger charge is 2.34. The molecule has 2 unspecified atom stereocenters. The van der Waals surface area contributed by atoms with Crippen molar-refractivity contribution in [3.63, 3.8) is 0 Å². The first kappa shape index (κ1) is 12.9. The minimum Gasteiger partial charge on any atom is -0.370 e. The van der Waals surface area contributed by atoms with Gasteiger partial charge in [-0.15, -0.1) is 0 Å².